The Morgan fingerprint density at radius 2 is 1.90 bits per heavy atom. The maximum absolute atomic E-state index is 2.80. The van der Waals surface area contributed by atoms with Gasteiger partial charge in [-0.15, -0.1) is 0 Å². The van der Waals surface area contributed by atoms with Gasteiger partial charge in [0.15, 0.2) is 0 Å². The minimum atomic E-state index is 0.595. The third-order valence-corrected chi connectivity index (χ3v) is 8.35. The van der Waals surface area contributed by atoms with Crippen LogP contribution in [0.15, 0.2) is 11.6 Å². The summed E-state index contributed by atoms with van der Waals surface area (Å²) in [5, 5.41) is 0. The number of rotatable bonds is 7. The smallest absolute Gasteiger partial charge is 0.00301 e. The van der Waals surface area contributed by atoms with Crippen molar-refractivity contribution in [3.63, 3.8) is 0 Å². The Bertz CT molecular complexity index is 399. The van der Waals surface area contributed by atoms with Crippen LogP contribution in [0.2, 0.25) is 0 Å². The minimum Gasteiger partial charge on any atom is -0.162 e. The fourth-order valence-corrected chi connectivity index (χ4v) is 6.89. The van der Waals surface area contributed by atoms with Gasteiger partial charge in [-0.2, -0.15) is 11.8 Å². The van der Waals surface area contributed by atoms with Crippen molar-refractivity contribution in [3.05, 3.63) is 11.6 Å². The molecule has 6 unspecified atom stereocenters. The lowest BCUT2D eigenvalue weighted by molar-refractivity contribution is 0.140. The molecule has 2 fully saturated rings. The van der Waals surface area contributed by atoms with Crippen LogP contribution in [0.4, 0.5) is 0 Å². The summed E-state index contributed by atoms with van der Waals surface area (Å²) in [6.07, 6.45) is 11.3. The molecule has 3 aliphatic rings. The van der Waals surface area contributed by atoms with Gasteiger partial charge in [-0.3, -0.25) is 0 Å². The lowest BCUT2D eigenvalue weighted by atomic mass is 9.65. The zero-order valence-electron chi connectivity index (χ0n) is 14.5. The lowest BCUT2D eigenvalue weighted by Crippen LogP contribution is -2.32. The zero-order chi connectivity index (χ0) is 15.0. The van der Waals surface area contributed by atoms with Crippen LogP contribution in [-0.4, -0.2) is 11.5 Å². The molecule has 0 amide bonds. The molecule has 0 aromatic heterocycles. The van der Waals surface area contributed by atoms with Gasteiger partial charge in [0, 0.05) is 0 Å². The van der Waals surface area contributed by atoms with Crippen molar-refractivity contribution in [2.45, 2.75) is 66.2 Å². The van der Waals surface area contributed by atoms with Gasteiger partial charge in [-0.05, 0) is 78.6 Å². The molecule has 6 atom stereocenters. The van der Waals surface area contributed by atoms with Gasteiger partial charge in [-0.1, -0.05) is 45.8 Å². The van der Waals surface area contributed by atoms with E-state index in [1.807, 2.05) is 5.57 Å². The maximum atomic E-state index is 2.80. The Kier molecular flexibility index (Phi) is 4.79. The largest absolute Gasteiger partial charge is 0.162 e. The van der Waals surface area contributed by atoms with Gasteiger partial charge >= 0.3 is 0 Å². The summed E-state index contributed by atoms with van der Waals surface area (Å²) < 4.78 is 0. The monoisotopic (exact) mass is 306 g/mol. The van der Waals surface area contributed by atoms with Crippen LogP contribution >= 0.6 is 11.8 Å². The Labute approximate surface area is 136 Å². The van der Waals surface area contributed by atoms with Crippen molar-refractivity contribution >= 4 is 11.8 Å². The van der Waals surface area contributed by atoms with E-state index in [1.165, 1.54) is 50.0 Å². The SMILES string of the molecule is CCCSCCC1=CC2C3CC1CC3C(C)C2(C)CCC. The molecule has 3 rings (SSSR count). The Hall–Kier alpha value is 0.0900. The van der Waals surface area contributed by atoms with Gasteiger partial charge in [0.2, 0.25) is 0 Å². The van der Waals surface area contributed by atoms with Gasteiger partial charge in [0.1, 0.15) is 0 Å². The van der Waals surface area contributed by atoms with Gasteiger partial charge < -0.3 is 0 Å². The topological polar surface area (TPSA) is 0 Å². The van der Waals surface area contributed by atoms with Crippen molar-refractivity contribution in [2.24, 2.45) is 35.0 Å². The molecule has 0 heterocycles. The molecule has 0 radical (unpaired) electrons. The van der Waals surface area contributed by atoms with Crippen LogP contribution in [0.3, 0.4) is 0 Å². The van der Waals surface area contributed by atoms with Crippen molar-refractivity contribution in [2.75, 3.05) is 11.5 Å². The summed E-state index contributed by atoms with van der Waals surface area (Å²) in [4.78, 5) is 0. The van der Waals surface area contributed by atoms with Crippen LogP contribution in [-0.2, 0) is 0 Å². The highest BCUT2D eigenvalue weighted by Crippen LogP contribution is 2.66. The van der Waals surface area contributed by atoms with Gasteiger partial charge in [0.25, 0.3) is 0 Å². The zero-order valence-corrected chi connectivity index (χ0v) is 15.3. The highest BCUT2D eigenvalue weighted by molar-refractivity contribution is 7.99. The molecule has 0 aromatic carbocycles. The molecule has 0 nitrogen and oxygen atoms in total. The standard InChI is InChI=1S/C20H34S/c1-5-8-20(4)14(3)17-11-16-12-18(17)19(20)13-15(16)7-10-21-9-6-2/h13-14,16-19H,5-12H2,1-4H3. The molecule has 0 saturated heterocycles. The molecule has 2 bridgehead atoms. The van der Waals surface area contributed by atoms with Crippen LogP contribution in [0.5, 0.6) is 0 Å². The number of allylic oxidation sites excluding steroid dienone is 2. The number of hydrogen-bond acceptors (Lipinski definition) is 1. The summed E-state index contributed by atoms with van der Waals surface area (Å²) in [5.41, 5.74) is 2.45. The first-order valence-corrected chi connectivity index (χ1v) is 10.6. The maximum Gasteiger partial charge on any atom is -0.00301 e. The Balaban J connectivity index is 1.74. The Morgan fingerprint density at radius 1 is 1.14 bits per heavy atom. The van der Waals surface area contributed by atoms with Crippen LogP contribution in [0, 0.1) is 35.0 Å². The van der Waals surface area contributed by atoms with E-state index in [0.29, 0.717) is 5.41 Å². The Morgan fingerprint density at radius 3 is 2.62 bits per heavy atom. The number of fused-ring (bicyclic) bond motifs is 1. The van der Waals surface area contributed by atoms with Gasteiger partial charge in [0.05, 0.1) is 0 Å². The first-order chi connectivity index (χ1) is 10.1. The number of thioether (sulfide) groups is 1. The average molecular weight is 307 g/mol. The summed E-state index contributed by atoms with van der Waals surface area (Å²) in [7, 11) is 0. The molecule has 0 aromatic rings. The predicted molar refractivity (Wildman–Crippen MR) is 95.7 cm³/mol. The molecule has 120 valence electrons. The quantitative estimate of drug-likeness (QED) is 0.400. The summed E-state index contributed by atoms with van der Waals surface area (Å²) in [5.74, 6) is 7.59. The summed E-state index contributed by atoms with van der Waals surface area (Å²) >= 11 is 2.16. The van der Waals surface area contributed by atoms with Gasteiger partial charge in [-0.25, -0.2) is 0 Å². The predicted octanol–water partition coefficient (Wildman–Crippen LogP) is 6.17. The van der Waals surface area contributed by atoms with Crippen molar-refractivity contribution in [1.82, 2.24) is 0 Å². The normalized spacial score (nSPS) is 44.2. The fraction of sp³-hybridized carbons (Fsp3) is 0.900. The minimum absolute atomic E-state index is 0.595. The highest BCUT2D eigenvalue weighted by atomic mass is 32.2. The molecule has 0 spiro atoms. The number of hydrogen-bond donors (Lipinski definition) is 0. The average Bonchev–Trinajstić information content (AvgIpc) is 2.92. The first kappa shape index (κ1) is 16.0. The fourth-order valence-electron chi connectivity index (χ4n) is 6.01. The van der Waals surface area contributed by atoms with Crippen LogP contribution in [0.1, 0.15) is 66.2 Å². The molecule has 0 N–H and O–H groups in total. The molecule has 1 heteroatoms. The second-order valence-corrected chi connectivity index (χ2v) is 9.40. The van der Waals surface area contributed by atoms with E-state index in [1.54, 1.807) is 0 Å². The van der Waals surface area contributed by atoms with E-state index in [0.717, 1.165) is 29.6 Å². The molecule has 0 aliphatic heterocycles. The van der Waals surface area contributed by atoms with E-state index in [9.17, 15) is 0 Å². The first-order valence-electron chi connectivity index (χ1n) is 9.40. The van der Waals surface area contributed by atoms with E-state index < -0.39 is 0 Å². The molecular formula is C20H34S. The van der Waals surface area contributed by atoms with E-state index in [4.69, 9.17) is 0 Å². The van der Waals surface area contributed by atoms with E-state index in [-0.39, 0.29) is 0 Å². The second-order valence-electron chi connectivity index (χ2n) is 8.17. The summed E-state index contributed by atoms with van der Waals surface area (Å²) in [6, 6.07) is 0. The van der Waals surface area contributed by atoms with Crippen LogP contribution in [0.25, 0.3) is 0 Å². The molecule has 21 heavy (non-hydrogen) atoms. The third-order valence-electron chi connectivity index (χ3n) is 7.16. The molecule has 2 saturated carbocycles. The van der Waals surface area contributed by atoms with Crippen molar-refractivity contribution < 1.29 is 0 Å². The van der Waals surface area contributed by atoms with E-state index >= 15 is 0 Å². The van der Waals surface area contributed by atoms with Crippen LogP contribution < -0.4 is 0 Å². The van der Waals surface area contributed by atoms with Crippen molar-refractivity contribution in [3.8, 4) is 0 Å². The van der Waals surface area contributed by atoms with Crippen molar-refractivity contribution in [1.29, 1.82) is 0 Å². The molecular weight excluding hydrogens is 272 g/mol. The highest BCUT2D eigenvalue weighted by Gasteiger charge is 2.59. The third kappa shape index (κ3) is 2.62. The molecule has 3 aliphatic carbocycles. The second kappa shape index (κ2) is 6.30. The summed E-state index contributed by atoms with van der Waals surface area (Å²) in [6.45, 7) is 9.87. The lowest BCUT2D eigenvalue weighted by Gasteiger charge is -2.40. The van der Waals surface area contributed by atoms with E-state index in [2.05, 4.69) is 45.5 Å².